The highest BCUT2D eigenvalue weighted by Gasteiger charge is 2.17. The Hall–Kier alpha value is -2.67. The van der Waals surface area contributed by atoms with Gasteiger partial charge in [-0.05, 0) is 30.3 Å². The van der Waals surface area contributed by atoms with Gasteiger partial charge in [0.25, 0.3) is 5.91 Å². The molecule has 2 aromatic rings. The van der Waals surface area contributed by atoms with Crippen molar-refractivity contribution >= 4 is 28.9 Å². The SMILES string of the molecule is O=C(Nc1ccc(O)c(Cl)c1)c1ccc(F)c([N+](=O)[O-])c1. The zero-order chi connectivity index (χ0) is 15.6. The number of hydrogen-bond donors (Lipinski definition) is 2. The highest BCUT2D eigenvalue weighted by atomic mass is 35.5. The molecule has 0 aliphatic heterocycles. The summed E-state index contributed by atoms with van der Waals surface area (Å²) in [4.78, 5) is 21.6. The van der Waals surface area contributed by atoms with Crippen molar-refractivity contribution in [1.82, 2.24) is 0 Å². The number of rotatable bonds is 3. The molecular weight excluding hydrogens is 303 g/mol. The molecule has 0 saturated carbocycles. The van der Waals surface area contributed by atoms with E-state index in [2.05, 4.69) is 5.32 Å². The molecule has 2 N–H and O–H groups in total. The quantitative estimate of drug-likeness (QED) is 0.516. The molecule has 0 radical (unpaired) electrons. The highest BCUT2D eigenvalue weighted by molar-refractivity contribution is 6.32. The van der Waals surface area contributed by atoms with Crippen LogP contribution < -0.4 is 5.32 Å². The summed E-state index contributed by atoms with van der Waals surface area (Å²) >= 11 is 5.69. The predicted molar refractivity (Wildman–Crippen MR) is 74.1 cm³/mol. The lowest BCUT2D eigenvalue weighted by Gasteiger charge is -2.06. The topological polar surface area (TPSA) is 92.5 Å². The van der Waals surface area contributed by atoms with Gasteiger partial charge in [-0.15, -0.1) is 0 Å². The van der Waals surface area contributed by atoms with E-state index in [4.69, 9.17) is 11.6 Å². The minimum absolute atomic E-state index is 0.0397. The van der Waals surface area contributed by atoms with E-state index in [0.717, 1.165) is 18.2 Å². The first kappa shape index (κ1) is 14.7. The minimum Gasteiger partial charge on any atom is -0.506 e. The van der Waals surface area contributed by atoms with Crippen LogP contribution in [0.3, 0.4) is 0 Å². The first-order valence-electron chi connectivity index (χ1n) is 5.62. The van der Waals surface area contributed by atoms with E-state index in [1.807, 2.05) is 0 Å². The lowest BCUT2D eigenvalue weighted by atomic mass is 10.1. The van der Waals surface area contributed by atoms with E-state index in [1.54, 1.807) is 0 Å². The van der Waals surface area contributed by atoms with Gasteiger partial charge in [0.2, 0.25) is 5.82 Å². The first-order valence-corrected chi connectivity index (χ1v) is 6.00. The standard InChI is InChI=1S/C13H8ClFN2O4/c14-9-6-8(2-4-12(9)18)16-13(19)7-1-3-10(15)11(5-7)17(20)21/h1-6,18H,(H,16,19). The molecule has 108 valence electrons. The molecule has 6 nitrogen and oxygen atoms in total. The summed E-state index contributed by atoms with van der Waals surface area (Å²) in [6.07, 6.45) is 0. The molecule has 0 bridgehead atoms. The Morgan fingerprint density at radius 1 is 1.29 bits per heavy atom. The van der Waals surface area contributed by atoms with Gasteiger partial charge in [0.05, 0.1) is 9.95 Å². The third kappa shape index (κ3) is 3.26. The number of phenolic OH excluding ortho intramolecular Hbond substituents is 1. The van der Waals surface area contributed by atoms with E-state index in [9.17, 15) is 24.4 Å². The molecule has 0 aliphatic carbocycles. The molecule has 2 rings (SSSR count). The van der Waals surface area contributed by atoms with Crippen molar-refractivity contribution in [1.29, 1.82) is 0 Å². The Balaban J connectivity index is 2.26. The number of benzene rings is 2. The van der Waals surface area contributed by atoms with Crippen LogP contribution in [0.1, 0.15) is 10.4 Å². The number of hydrogen-bond acceptors (Lipinski definition) is 4. The number of halogens is 2. The molecule has 21 heavy (non-hydrogen) atoms. The summed E-state index contributed by atoms with van der Waals surface area (Å²) < 4.78 is 13.2. The van der Waals surface area contributed by atoms with Gasteiger partial charge in [0.15, 0.2) is 0 Å². The summed E-state index contributed by atoms with van der Waals surface area (Å²) in [6, 6.07) is 6.80. The summed E-state index contributed by atoms with van der Waals surface area (Å²) in [5, 5.41) is 22.4. The summed E-state index contributed by atoms with van der Waals surface area (Å²) in [5.41, 5.74) is -0.575. The van der Waals surface area contributed by atoms with Crippen molar-refractivity contribution in [2.45, 2.75) is 0 Å². The monoisotopic (exact) mass is 310 g/mol. The fourth-order valence-electron chi connectivity index (χ4n) is 1.58. The molecular formula is C13H8ClFN2O4. The Bertz CT molecular complexity index is 736. The summed E-state index contributed by atoms with van der Waals surface area (Å²) in [7, 11) is 0. The molecule has 2 aromatic carbocycles. The van der Waals surface area contributed by atoms with Crippen LogP contribution in [0, 0.1) is 15.9 Å². The smallest absolute Gasteiger partial charge is 0.305 e. The maximum absolute atomic E-state index is 13.2. The second-order valence-electron chi connectivity index (χ2n) is 4.04. The van der Waals surface area contributed by atoms with Gasteiger partial charge >= 0.3 is 5.69 Å². The average molecular weight is 311 g/mol. The number of nitrogens with zero attached hydrogens (tertiary/aromatic N) is 1. The van der Waals surface area contributed by atoms with E-state index in [-0.39, 0.29) is 22.0 Å². The van der Waals surface area contributed by atoms with Gasteiger partial charge < -0.3 is 10.4 Å². The van der Waals surface area contributed by atoms with Crippen LogP contribution in [0.2, 0.25) is 5.02 Å². The number of nitro groups is 1. The zero-order valence-electron chi connectivity index (χ0n) is 10.3. The first-order chi connectivity index (χ1) is 9.88. The van der Waals surface area contributed by atoms with Gasteiger partial charge in [-0.1, -0.05) is 11.6 Å². The number of aromatic hydroxyl groups is 1. The molecule has 0 saturated heterocycles. The molecule has 0 aliphatic rings. The maximum Gasteiger partial charge on any atom is 0.305 e. The molecule has 0 heterocycles. The average Bonchev–Trinajstić information content (AvgIpc) is 2.43. The predicted octanol–water partition coefficient (Wildman–Crippen LogP) is 3.35. The Labute approximate surface area is 122 Å². The number of nitrogens with one attached hydrogen (secondary N) is 1. The number of carbonyl (C=O) groups is 1. The van der Waals surface area contributed by atoms with E-state index < -0.39 is 22.3 Å². The van der Waals surface area contributed by atoms with Crippen molar-refractivity contribution in [3.63, 3.8) is 0 Å². The summed E-state index contributed by atoms with van der Waals surface area (Å²) in [5.74, 6) is -1.84. The van der Waals surface area contributed by atoms with Crippen LogP contribution in [-0.4, -0.2) is 15.9 Å². The van der Waals surface area contributed by atoms with Crippen molar-refractivity contribution in [3.05, 3.63) is 62.9 Å². The third-order valence-corrected chi connectivity index (χ3v) is 2.91. The number of anilines is 1. The van der Waals surface area contributed by atoms with Crippen LogP contribution >= 0.6 is 11.6 Å². The summed E-state index contributed by atoms with van der Waals surface area (Å²) in [6.45, 7) is 0. The lowest BCUT2D eigenvalue weighted by Crippen LogP contribution is -2.12. The number of carbonyl (C=O) groups excluding carboxylic acids is 1. The fourth-order valence-corrected chi connectivity index (χ4v) is 1.76. The zero-order valence-corrected chi connectivity index (χ0v) is 11.1. The van der Waals surface area contributed by atoms with E-state index in [0.29, 0.717) is 0 Å². The van der Waals surface area contributed by atoms with E-state index >= 15 is 0 Å². The van der Waals surface area contributed by atoms with Gasteiger partial charge in [0, 0.05) is 17.3 Å². The largest absolute Gasteiger partial charge is 0.506 e. The Kier molecular flexibility index (Phi) is 4.04. The highest BCUT2D eigenvalue weighted by Crippen LogP contribution is 2.26. The number of phenols is 1. The van der Waals surface area contributed by atoms with Crippen LogP contribution in [-0.2, 0) is 0 Å². The second kappa shape index (κ2) is 5.76. The van der Waals surface area contributed by atoms with Gasteiger partial charge in [-0.3, -0.25) is 14.9 Å². The van der Waals surface area contributed by atoms with Crippen molar-refractivity contribution in [2.24, 2.45) is 0 Å². The minimum atomic E-state index is -1.02. The van der Waals surface area contributed by atoms with Gasteiger partial charge in [-0.2, -0.15) is 4.39 Å². The van der Waals surface area contributed by atoms with Crippen LogP contribution in [0.15, 0.2) is 36.4 Å². The lowest BCUT2D eigenvalue weighted by molar-refractivity contribution is -0.387. The van der Waals surface area contributed by atoms with Gasteiger partial charge in [-0.25, -0.2) is 0 Å². The normalized spacial score (nSPS) is 10.2. The second-order valence-corrected chi connectivity index (χ2v) is 4.45. The Morgan fingerprint density at radius 2 is 2.00 bits per heavy atom. The van der Waals surface area contributed by atoms with E-state index in [1.165, 1.54) is 18.2 Å². The van der Waals surface area contributed by atoms with Crippen molar-refractivity contribution < 1.29 is 19.2 Å². The third-order valence-electron chi connectivity index (χ3n) is 2.61. The molecule has 0 atom stereocenters. The number of amides is 1. The maximum atomic E-state index is 13.2. The molecule has 0 fully saturated rings. The van der Waals surface area contributed by atoms with Crippen LogP contribution in [0.5, 0.6) is 5.75 Å². The molecule has 8 heteroatoms. The Morgan fingerprint density at radius 3 is 2.62 bits per heavy atom. The fraction of sp³-hybridized carbons (Fsp3) is 0. The van der Waals surface area contributed by atoms with Crippen molar-refractivity contribution in [2.75, 3.05) is 5.32 Å². The van der Waals surface area contributed by atoms with Gasteiger partial charge in [0.1, 0.15) is 5.75 Å². The molecule has 0 spiro atoms. The van der Waals surface area contributed by atoms with Crippen LogP contribution in [0.4, 0.5) is 15.8 Å². The molecule has 0 aromatic heterocycles. The molecule has 0 unspecified atom stereocenters. The van der Waals surface area contributed by atoms with Crippen LogP contribution in [0.25, 0.3) is 0 Å². The van der Waals surface area contributed by atoms with Crippen molar-refractivity contribution in [3.8, 4) is 5.75 Å². The number of nitro benzene ring substituents is 1. The molecule has 1 amide bonds.